The Morgan fingerprint density at radius 3 is 2.59 bits per heavy atom. The van der Waals surface area contributed by atoms with Crippen molar-refractivity contribution in [1.29, 1.82) is 0 Å². The van der Waals surface area contributed by atoms with Gasteiger partial charge in [-0.15, -0.1) is 0 Å². The van der Waals surface area contributed by atoms with E-state index in [1.54, 1.807) is 4.68 Å². The molecule has 0 radical (unpaired) electrons. The third-order valence-electron chi connectivity index (χ3n) is 3.68. The molecule has 5 heteroatoms. The average Bonchev–Trinajstić information content (AvgIpc) is 3.04. The van der Waals surface area contributed by atoms with Crippen molar-refractivity contribution in [3.05, 3.63) is 46.6 Å². The maximum Gasteiger partial charge on any atom is 0.247 e. The third-order valence-corrected chi connectivity index (χ3v) is 4.02. The van der Waals surface area contributed by atoms with E-state index in [0.29, 0.717) is 6.54 Å². The molecule has 0 bridgehead atoms. The molecular weight excluding hydrogens is 298 g/mol. The molecule has 0 saturated carbocycles. The summed E-state index contributed by atoms with van der Waals surface area (Å²) in [5.41, 5.74) is 1.96. The molecule has 1 unspecified atom stereocenters. The molecule has 0 saturated heterocycles. The van der Waals surface area contributed by atoms with E-state index in [1.807, 2.05) is 30.3 Å². The Morgan fingerprint density at radius 1 is 1.32 bits per heavy atom. The quantitative estimate of drug-likeness (QED) is 0.908. The van der Waals surface area contributed by atoms with Crippen LogP contribution in [0.15, 0.2) is 30.3 Å². The molecular formula is C17H22ClN3O. The lowest BCUT2D eigenvalue weighted by atomic mass is 9.98. The van der Waals surface area contributed by atoms with Crippen molar-refractivity contribution in [3.63, 3.8) is 0 Å². The zero-order valence-corrected chi connectivity index (χ0v) is 14.0. The Labute approximate surface area is 136 Å². The number of aromatic nitrogens is 2. The first-order valence-electron chi connectivity index (χ1n) is 7.68. The van der Waals surface area contributed by atoms with E-state index < -0.39 is 0 Å². The van der Waals surface area contributed by atoms with Crippen LogP contribution in [0.4, 0.5) is 5.82 Å². The first-order valence-corrected chi connectivity index (χ1v) is 8.06. The van der Waals surface area contributed by atoms with Crippen LogP contribution in [0.3, 0.4) is 0 Å². The molecule has 2 aromatic rings. The molecule has 1 N–H and O–H groups in total. The molecule has 0 spiro atoms. The summed E-state index contributed by atoms with van der Waals surface area (Å²) in [4.78, 5) is 11.2. The molecule has 1 amide bonds. The smallest absolute Gasteiger partial charge is 0.247 e. The fourth-order valence-corrected chi connectivity index (χ4v) is 2.47. The monoisotopic (exact) mass is 319 g/mol. The van der Waals surface area contributed by atoms with E-state index in [0.717, 1.165) is 22.1 Å². The van der Waals surface area contributed by atoms with Crippen molar-refractivity contribution < 1.29 is 4.79 Å². The highest BCUT2D eigenvalue weighted by Gasteiger charge is 2.22. The van der Waals surface area contributed by atoms with Gasteiger partial charge in [-0.05, 0) is 11.6 Å². The standard InChI is InChI=1S/C13H12ClN3O.C4H10/c1-8(9-4-2-3-5-10(9)14)11-6-12-15-13(18)7-17(12)16-11;1-3-4-2/h2-6,8H,7H2,1H3,(H,15,18);3-4H2,1-2H3. The van der Waals surface area contributed by atoms with Gasteiger partial charge in [0.2, 0.25) is 5.91 Å². The molecule has 2 heterocycles. The van der Waals surface area contributed by atoms with Crippen molar-refractivity contribution >= 4 is 23.3 Å². The maximum atomic E-state index is 11.2. The molecule has 1 atom stereocenters. The Balaban J connectivity index is 0.000000396. The highest BCUT2D eigenvalue weighted by Crippen LogP contribution is 2.31. The summed E-state index contributed by atoms with van der Waals surface area (Å²) < 4.78 is 1.69. The van der Waals surface area contributed by atoms with Gasteiger partial charge in [-0.3, -0.25) is 4.79 Å². The predicted molar refractivity (Wildman–Crippen MR) is 90.4 cm³/mol. The van der Waals surface area contributed by atoms with Crippen LogP contribution in [0.25, 0.3) is 0 Å². The molecule has 1 aromatic carbocycles. The summed E-state index contributed by atoms with van der Waals surface area (Å²) in [5.74, 6) is 0.844. The largest absolute Gasteiger partial charge is 0.309 e. The number of hydrogen-bond donors (Lipinski definition) is 1. The molecule has 22 heavy (non-hydrogen) atoms. The minimum atomic E-state index is -0.0190. The summed E-state index contributed by atoms with van der Waals surface area (Å²) in [6, 6.07) is 9.64. The van der Waals surface area contributed by atoms with Crippen molar-refractivity contribution in [2.24, 2.45) is 0 Å². The third kappa shape index (κ3) is 3.69. The minimum absolute atomic E-state index is 0.0190. The van der Waals surface area contributed by atoms with E-state index in [-0.39, 0.29) is 11.8 Å². The normalized spacial score (nSPS) is 13.9. The van der Waals surface area contributed by atoms with Crippen molar-refractivity contribution in [3.8, 4) is 0 Å². The number of anilines is 1. The number of nitrogens with zero attached hydrogens (tertiary/aromatic N) is 2. The first kappa shape index (κ1) is 16.6. The summed E-state index contributed by atoms with van der Waals surface area (Å²) in [7, 11) is 0. The summed E-state index contributed by atoms with van der Waals surface area (Å²) in [5, 5.41) is 7.94. The van der Waals surface area contributed by atoms with Gasteiger partial charge in [0.25, 0.3) is 0 Å². The summed E-state index contributed by atoms with van der Waals surface area (Å²) >= 11 is 6.18. The van der Waals surface area contributed by atoms with Crippen LogP contribution in [0, 0.1) is 0 Å². The number of benzene rings is 1. The Hall–Kier alpha value is -1.81. The van der Waals surface area contributed by atoms with Crippen molar-refractivity contribution in [2.45, 2.75) is 46.1 Å². The lowest BCUT2D eigenvalue weighted by Gasteiger charge is -2.10. The van der Waals surface area contributed by atoms with Crippen LogP contribution in [0.2, 0.25) is 5.02 Å². The Morgan fingerprint density at radius 2 is 2.00 bits per heavy atom. The number of rotatable bonds is 3. The van der Waals surface area contributed by atoms with Gasteiger partial charge < -0.3 is 5.32 Å². The van der Waals surface area contributed by atoms with Crippen LogP contribution < -0.4 is 5.32 Å². The molecule has 1 aliphatic rings. The molecule has 1 aliphatic heterocycles. The van der Waals surface area contributed by atoms with Gasteiger partial charge in [-0.1, -0.05) is 63.4 Å². The highest BCUT2D eigenvalue weighted by molar-refractivity contribution is 6.31. The molecule has 4 nitrogen and oxygen atoms in total. The van der Waals surface area contributed by atoms with Gasteiger partial charge in [0.1, 0.15) is 12.4 Å². The number of fused-ring (bicyclic) bond motifs is 1. The maximum absolute atomic E-state index is 11.2. The second-order valence-electron chi connectivity index (χ2n) is 5.40. The SMILES string of the molecule is CC(c1cc2n(n1)CC(=O)N2)c1ccccc1Cl.CCCC. The van der Waals surface area contributed by atoms with E-state index in [2.05, 4.69) is 31.2 Å². The van der Waals surface area contributed by atoms with Crippen LogP contribution in [-0.2, 0) is 11.3 Å². The molecule has 0 fully saturated rings. The number of amides is 1. The zero-order valence-electron chi connectivity index (χ0n) is 13.3. The molecule has 118 valence electrons. The second-order valence-corrected chi connectivity index (χ2v) is 5.81. The van der Waals surface area contributed by atoms with Crippen LogP contribution in [-0.4, -0.2) is 15.7 Å². The van der Waals surface area contributed by atoms with Crippen molar-refractivity contribution in [1.82, 2.24) is 9.78 Å². The Bertz CT molecular complexity index is 624. The number of halogens is 1. The summed E-state index contributed by atoms with van der Waals surface area (Å²) in [6.07, 6.45) is 2.64. The predicted octanol–water partition coefficient (Wildman–Crippen LogP) is 4.45. The van der Waals surface area contributed by atoms with E-state index in [9.17, 15) is 4.79 Å². The van der Waals surface area contributed by atoms with Gasteiger partial charge in [-0.2, -0.15) is 5.10 Å². The minimum Gasteiger partial charge on any atom is -0.309 e. The number of carbonyl (C=O) groups excluding carboxylic acids is 1. The summed E-state index contributed by atoms with van der Waals surface area (Å²) in [6.45, 7) is 6.71. The highest BCUT2D eigenvalue weighted by atomic mass is 35.5. The fourth-order valence-electron chi connectivity index (χ4n) is 2.17. The van der Waals surface area contributed by atoms with E-state index in [4.69, 9.17) is 11.6 Å². The lowest BCUT2D eigenvalue weighted by Crippen LogP contribution is -2.08. The lowest BCUT2D eigenvalue weighted by molar-refractivity contribution is -0.116. The average molecular weight is 320 g/mol. The van der Waals surface area contributed by atoms with Crippen LogP contribution in [0.5, 0.6) is 0 Å². The van der Waals surface area contributed by atoms with Gasteiger partial charge in [0.15, 0.2) is 0 Å². The van der Waals surface area contributed by atoms with E-state index in [1.165, 1.54) is 12.8 Å². The Kier molecular flexibility index (Phi) is 5.61. The molecule has 1 aromatic heterocycles. The van der Waals surface area contributed by atoms with Gasteiger partial charge >= 0.3 is 0 Å². The van der Waals surface area contributed by atoms with Crippen molar-refractivity contribution in [2.75, 3.05) is 5.32 Å². The number of unbranched alkanes of at least 4 members (excludes halogenated alkanes) is 1. The molecule has 3 rings (SSSR count). The first-order chi connectivity index (χ1) is 10.6. The van der Waals surface area contributed by atoms with Crippen LogP contribution >= 0.6 is 11.6 Å². The molecule has 0 aliphatic carbocycles. The second kappa shape index (κ2) is 7.45. The number of hydrogen-bond acceptors (Lipinski definition) is 2. The fraction of sp³-hybridized carbons (Fsp3) is 0.412. The topological polar surface area (TPSA) is 46.9 Å². The number of carbonyl (C=O) groups is 1. The zero-order chi connectivity index (χ0) is 16.1. The van der Waals surface area contributed by atoms with Crippen LogP contribution in [0.1, 0.15) is 50.8 Å². The van der Waals surface area contributed by atoms with Gasteiger partial charge in [0, 0.05) is 17.0 Å². The number of nitrogens with one attached hydrogen (secondary N) is 1. The van der Waals surface area contributed by atoms with Gasteiger partial charge in [-0.25, -0.2) is 4.68 Å². The van der Waals surface area contributed by atoms with Gasteiger partial charge in [0.05, 0.1) is 5.69 Å². The van der Waals surface area contributed by atoms with E-state index >= 15 is 0 Å².